The van der Waals surface area contributed by atoms with Gasteiger partial charge in [-0.25, -0.2) is 4.79 Å². The lowest BCUT2D eigenvalue weighted by Gasteiger charge is -2.17. The maximum absolute atomic E-state index is 11.5. The molecule has 0 aromatic carbocycles. The summed E-state index contributed by atoms with van der Waals surface area (Å²) in [4.78, 5) is 25.6. The highest BCUT2D eigenvalue weighted by Gasteiger charge is 2.12. The van der Waals surface area contributed by atoms with Crippen LogP contribution in [-0.4, -0.2) is 15.6 Å². The fourth-order valence-corrected chi connectivity index (χ4v) is 2.28. The van der Waals surface area contributed by atoms with Crippen molar-refractivity contribution in [2.45, 2.75) is 44.6 Å². The first-order valence-electron chi connectivity index (χ1n) is 6.24. The molecule has 0 spiro atoms. The zero-order valence-corrected chi connectivity index (χ0v) is 10.2. The van der Waals surface area contributed by atoms with E-state index in [1.807, 2.05) is 0 Å². The van der Waals surface area contributed by atoms with E-state index in [0.29, 0.717) is 11.9 Å². The molecule has 0 unspecified atom stereocenters. The summed E-state index contributed by atoms with van der Waals surface area (Å²) in [5.41, 5.74) is -0.640. The number of hydrogen-bond donors (Lipinski definition) is 2. The van der Waals surface area contributed by atoms with Gasteiger partial charge < -0.3 is 5.32 Å². The Bertz CT molecular complexity index is 450. The van der Waals surface area contributed by atoms with Gasteiger partial charge in [0.1, 0.15) is 5.82 Å². The van der Waals surface area contributed by atoms with Gasteiger partial charge in [-0.05, 0) is 12.8 Å². The van der Waals surface area contributed by atoms with Crippen molar-refractivity contribution in [3.63, 3.8) is 0 Å². The van der Waals surface area contributed by atoms with Gasteiger partial charge in [-0.15, -0.1) is 0 Å². The van der Waals surface area contributed by atoms with Crippen molar-refractivity contribution in [3.8, 4) is 0 Å². The zero-order valence-electron chi connectivity index (χ0n) is 10.2. The molecule has 1 aliphatic carbocycles. The smallest absolute Gasteiger partial charge is 0.329 e. The first kappa shape index (κ1) is 12.0. The zero-order chi connectivity index (χ0) is 12.3. The molecule has 2 N–H and O–H groups in total. The predicted octanol–water partition coefficient (Wildman–Crippen LogP) is 1.21. The van der Waals surface area contributed by atoms with Crippen molar-refractivity contribution in [2.75, 3.05) is 5.32 Å². The van der Waals surface area contributed by atoms with Crippen LogP contribution >= 0.6 is 0 Å². The number of rotatable bonds is 2. The Morgan fingerprint density at radius 3 is 2.47 bits per heavy atom. The van der Waals surface area contributed by atoms with E-state index < -0.39 is 0 Å². The van der Waals surface area contributed by atoms with E-state index in [-0.39, 0.29) is 11.2 Å². The monoisotopic (exact) mass is 237 g/mol. The van der Waals surface area contributed by atoms with Crippen molar-refractivity contribution in [3.05, 3.63) is 26.9 Å². The topological polar surface area (TPSA) is 66.9 Å². The second-order valence-corrected chi connectivity index (χ2v) is 4.72. The first-order chi connectivity index (χ1) is 8.16. The van der Waals surface area contributed by atoms with Crippen LogP contribution in [0.25, 0.3) is 0 Å². The van der Waals surface area contributed by atoms with Crippen molar-refractivity contribution in [2.24, 2.45) is 7.05 Å². The Morgan fingerprint density at radius 2 is 1.88 bits per heavy atom. The third-order valence-electron chi connectivity index (χ3n) is 3.36. The molecular weight excluding hydrogens is 218 g/mol. The number of H-pyrrole nitrogens is 1. The molecule has 1 aromatic rings. The Morgan fingerprint density at radius 1 is 1.24 bits per heavy atom. The number of nitrogens with one attached hydrogen (secondary N) is 2. The normalized spacial score (nSPS) is 17.7. The Hall–Kier alpha value is -1.52. The quantitative estimate of drug-likeness (QED) is 0.760. The second kappa shape index (κ2) is 5.21. The van der Waals surface area contributed by atoms with E-state index in [0.717, 1.165) is 17.4 Å². The highest BCUT2D eigenvalue weighted by Crippen LogP contribution is 2.19. The number of nitrogens with zero attached hydrogens (tertiary/aromatic N) is 1. The molecule has 0 bridgehead atoms. The van der Waals surface area contributed by atoms with Gasteiger partial charge in [-0.1, -0.05) is 25.7 Å². The maximum Gasteiger partial charge on any atom is 0.329 e. The Kier molecular flexibility index (Phi) is 3.66. The number of aromatic nitrogens is 2. The molecule has 5 nitrogen and oxygen atoms in total. The molecule has 0 aliphatic heterocycles. The molecule has 0 radical (unpaired) electrons. The highest BCUT2D eigenvalue weighted by molar-refractivity contribution is 5.33. The van der Waals surface area contributed by atoms with E-state index >= 15 is 0 Å². The van der Waals surface area contributed by atoms with Crippen molar-refractivity contribution >= 4 is 5.82 Å². The summed E-state index contributed by atoms with van der Waals surface area (Å²) in [6, 6.07) is 1.83. The van der Waals surface area contributed by atoms with Crippen LogP contribution in [0, 0.1) is 0 Å². The van der Waals surface area contributed by atoms with Crippen LogP contribution in [0.15, 0.2) is 15.7 Å². The predicted molar refractivity (Wildman–Crippen MR) is 67.4 cm³/mol. The third-order valence-corrected chi connectivity index (χ3v) is 3.36. The summed E-state index contributed by atoms with van der Waals surface area (Å²) in [6.45, 7) is 0. The minimum absolute atomic E-state index is 0.273. The molecule has 5 heteroatoms. The molecule has 0 saturated heterocycles. The van der Waals surface area contributed by atoms with E-state index in [1.54, 1.807) is 0 Å². The molecule has 17 heavy (non-hydrogen) atoms. The Labute approximate surface area is 99.9 Å². The molecule has 0 amide bonds. The van der Waals surface area contributed by atoms with E-state index in [4.69, 9.17) is 0 Å². The number of hydrogen-bond acceptors (Lipinski definition) is 3. The Balaban J connectivity index is 2.12. The van der Waals surface area contributed by atoms with Gasteiger partial charge >= 0.3 is 5.69 Å². The molecule has 1 aromatic heterocycles. The van der Waals surface area contributed by atoms with E-state index in [1.165, 1.54) is 38.8 Å². The van der Waals surface area contributed by atoms with Crippen LogP contribution in [-0.2, 0) is 7.05 Å². The average Bonchev–Trinajstić information content (AvgIpc) is 2.54. The van der Waals surface area contributed by atoms with Gasteiger partial charge in [-0.3, -0.25) is 14.3 Å². The number of aromatic amines is 1. The summed E-state index contributed by atoms with van der Waals surface area (Å²) >= 11 is 0. The maximum atomic E-state index is 11.5. The standard InChI is InChI=1S/C12H19N3O2/c1-15-11(16)8-10(14-12(15)17)13-9-6-4-2-3-5-7-9/h8-9,13H,2-7H2,1H3,(H,14,17). The van der Waals surface area contributed by atoms with Crippen LogP contribution in [0.3, 0.4) is 0 Å². The summed E-state index contributed by atoms with van der Waals surface area (Å²) in [6.07, 6.45) is 7.21. The summed E-state index contributed by atoms with van der Waals surface area (Å²) in [5, 5.41) is 3.26. The summed E-state index contributed by atoms with van der Waals surface area (Å²) < 4.78 is 1.07. The van der Waals surface area contributed by atoms with Gasteiger partial charge in [0.25, 0.3) is 5.56 Å². The minimum Gasteiger partial charge on any atom is -0.369 e. The first-order valence-corrected chi connectivity index (χ1v) is 6.24. The molecule has 1 saturated carbocycles. The fourth-order valence-electron chi connectivity index (χ4n) is 2.28. The van der Waals surface area contributed by atoms with Crippen molar-refractivity contribution in [1.82, 2.24) is 9.55 Å². The van der Waals surface area contributed by atoms with Crippen LogP contribution < -0.4 is 16.6 Å². The molecule has 2 rings (SSSR count). The van der Waals surface area contributed by atoms with Crippen molar-refractivity contribution < 1.29 is 0 Å². The molecule has 0 atom stereocenters. The summed E-state index contributed by atoms with van der Waals surface area (Å²) in [7, 11) is 1.47. The van der Waals surface area contributed by atoms with Crippen LogP contribution in [0.1, 0.15) is 38.5 Å². The lowest BCUT2D eigenvalue weighted by molar-refractivity contribution is 0.615. The van der Waals surface area contributed by atoms with Crippen molar-refractivity contribution in [1.29, 1.82) is 0 Å². The van der Waals surface area contributed by atoms with Gasteiger partial charge in [0.2, 0.25) is 0 Å². The van der Waals surface area contributed by atoms with Crippen LogP contribution in [0.4, 0.5) is 5.82 Å². The fraction of sp³-hybridized carbons (Fsp3) is 0.667. The molecule has 94 valence electrons. The molecule has 1 aliphatic rings. The number of anilines is 1. The molecule has 1 heterocycles. The SMILES string of the molecule is Cn1c(=O)cc(NC2CCCCCC2)[nH]c1=O. The lowest BCUT2D eigenvalue weighted by atomic mass is 10.1. The lowest BCUT2D eigenvalue weighted by Crippen LogP contribution is -2.33. The van der Waals surface area contributed by atoms with Crippen LogP contribution in [0.5, 0.6) is 0 Å². The highest BCUT2D eigenvalue weighted by atomic mass is 16.2. The average molecular weight is 237 g/mol. The largest absolute Gasteiger partial charge is 0.369 e. The third kappa shape index (κ3) is 2.99. The summed E-state index contributed by atoms with van der Waals surface area (Å²) in [5.74, 6) is 0.546. The van der Waals surface area contributed by atoms with E-state index in [9.17, 15) is 9.59 Å². The second-order valence-electron chi connectivity index (χ2n) is 4.72. The molecular formula is C12H19N3O2. The van der Waals surface area contributed by atoms with Crippen LogP contribution in [0.2, 0.25) is 0 Å². The van der Waals surface area contributed by atoms with E-state index in [2.05, 4.69) is 10.3 Å². The minimum atomic E-state index is -0.367. The van der Waals surface area contributed by atoms with Gasteiger partial charge in [0, 0.05) is 19.2 Å². The van der Waals surface area contributed by atoms with Gasteiger partial charge in [0.15, 0.2) is 0 Å². The van der Waals surface area contributed by atoms with Gasteiger partial charge in [-0.2, -0.15) is 0 Å². The molecule has 1 fully saturated rings. The van der Waals surface area contributed by atoms with Gasteiger partial charge in [0.05, 0.1) is 0 Å².